The van der Waals surface area contributed by atoms with Crippen molar-refractivity contribution in [1.82, 2.24) is 14.9 Å². The predicted molar refractivity (Wildman–Crippen MR) is 65.8 cm³/mol. The van der Waals surface area contributed by atoms with Crippen LogP contribution >= 0.6 is 0 Å². The zero-order valence-electron chi connectivity index (χ0n) is 10.4. The van der Waals surface area contributed by atoms with Crippen molar-refractivity contribution < 1.29 is 4.79 Å². The quantitative estimate of drug-likeness (QED) is 0.851. The molecule has 0 aromatic carbocycles. The van der Waals surface area contributed by atoms with Gasteiger partial charge >= 0.3 is 0 Å². The number of amides is 1. The first kappa shape index (κ1) is 11.8. The lowest BCUT2D eigenvalue weighted by atomic mass is 10.4. The summed E-state index contributed by atoms with van der Waals surface area (Å²) in [6.45, 7) is 5.85. The first-order chi connectivity index (χ1) is 8.16. The molecule has 0 saturated carbocycles. The normalized spacial score (nSPS) is 15.1. The van der Waals surface area contributed by atoms with E-state index < -0.39 is 0 Å². The molecule has 1 amide bonds. The highest BCUT2D eigenvalue weighted by Gasteiger charge is 2.17. The SMILES string of the molecule is Cc1cnc(C)c(NCC(=O)N2CCCC2)n1. The van der Waals surface area contributed by atoms with E-state index in [0.29, 0.717) is 12.4 Å². The Morgan fingerprint density at radius 2 is 2.12 bits per heavy atom. The van der Waals surface area contributed by atoms with Crippen LogP contribution in [0.3, 0.4) is 0 Å². The van der Waals surface area contributed by atoms with E-state index in [-0.39, 0.29) is 5.91 Å². The Balaban J connectivity index is 1.92. The van der Waals surface area contributed by atoms with Gasteiger partial charge < -0.3 is 10.2 Å². The van der Waals surface area contributed by atoms with E-state index in [1.165, 1.54) is 0 Å². The van der Waals surface area contributed by atoms with Crippen molar-refractivity contribution in [3.05, 3.63) is 17.6 Å². The smallest absolute Gasteiger partial charge is 0.241 e. The fourth-order valence-corrected chi connectivity index (χ4v) is 1.94. The van der Waals surface area contributed by atoms with Crippen LogP contribution in [0.25, 0.3) is 0 Å². The van der Waals surface area contributed by atoms with E-state index >= 15 is 0 Å². The van der Waals surface area contributed by atoms with Crippen molar-refractivity contribution in [1.29, 1.82) is 0 Å². The minimum absolute atomic E-state index is 0.144. The maximum absolute atomic E-state index is 11.8. The topological polar surface area (TPSA) is 58.1 Å². The van der Waals surface area contributed by atoms with E-state index in [9.17, 15) is 4.79 Å². The van der Waals surface area contributed by atoms with Crippen molar-refractivity contribution in [2.75, 3.05) is 25.0 Å². The molecule has 0 bridgehead atoms. The van der Waals surface area contributed by atoms with Crippen LogP contribution in [-0.2, 0) is 4.79 Å². The molecule has 2 rings (SSSR count). The van der Waals surface area contributed by atoms with Crippen molar-refractivity contribution in [2.45, 2.75) is 26.7 Å². The highest BCUT2D eigenvalue weighted by atomic mass is 16.2. The van der Waals surface area contributed by atoms with Gasteiger partial charge in [-0.2, -0.15) is 0 Å². The lowest BCUT2D eigenvalue weighted by molar-refractivity contribution is -0.128. The summed E-state index contributed by atoms with van der Waals surface area (Å²) in [5, 5.41) is 3.07. The summed E-state index contributed by atoms with van der Waals surface area (Å²) in [6.07, 6.45) is 3.97. The number of carbonyl (C=O) groups excluding carboxylic acids is 1. The van der Waals surface area contributed by atoms with Gasteiger partial charge in [-0.25, -0.2) is 4.98 Å². The van der Waals surface area contributed by atoms with Crippen molar-refractivity contribution >= 4 is 11.7 Å². The van der Waals surface area contributed by atoms with E-state index in [2.05, 4.69) is 15.3 Å². The van der Waals surface area contributed by atoms with Gasteiger partial charge in [-0.05, 0) is 26.7 Å². The molecule has 92 valence electrons. The van der Waals surface area contributed by atoms with Gasteiger partial charge in [0.05, 0.1) is 17.9 Å². The Morgan fingerprint density at radius 1 is 1.41 bits per heavy atom. The molecule has 17 heavy (non-hydrogen) atoms. The molecule has 0 unspecified atom stereocenters. The van der Waals surface area contributed by atoms with Crippen LogP contribution in [0.5, 0.6) is 0 Å². The van der Waals surface area contributed by atoms with E-state index in [1.807, 2.05) is 18.7 Å². The zero-order valence-corrected chi connectivity index (χ0v) is 10.4. The van der Waals surface area contributed by atoms with Gasteiger partial charge in [0.15, 0.2) is 0 Å². The van der Waals surface area contributed by atoms with Gasteiger partial charge in [-0.1, -0.05) is 0 Å². The Hall–Kier alpha value is -1.65. The molecule has 0 aliphatic carbocycles. The number of aromatic nitrogens is 2. The molecule has 1 aliphatic heterocycles. The minimum Gasteiger partial charge on any atom is -0.359 e. The molecule has 0 radical (unpaired) electrons. The number of rotatable bonds is 3. The maximum Gasteiger partial charge on any atom is 0.241 e. The Bertz CT molecular complexity index is 413. The van der Waals surface area contributed by atoms with Crippen molar-refractivity contribution in [3.8, 4) is 0 Å². The van der Waals surface area contributed by atoms with E-state index in [0.717, 1.165) is 37.3 Å². The number of hydrogen-bond donors (Lipinski definition) is 1. The van der Waals surface area contributed by atoms with Gasteiger partial charge in [0.25, 0.3) is 0 Å². The first-order valence-corrected chi connectivity index (χ1v) is 5.98. The third-order valence-electron chi connectivity index (χ3n) is 2.94. The average molecular weight is 234 g/mol. The molecular weight excluding hydrogens is 216 g/mol. The van der Waals surface area contributed by atoms with Crippen LogP contribution in [0, 0.1) is 13.8 Å². The Kier molecular flexibility index (Phi) is 3.56. The van der Waals surface area contributed by atoms with Crippen LogP contribution < -0.4 is 5.32 Å². The Morgan fingerprint density at radius 3 is 2.82 bits per heavy atom. The van der Waals surface area contributed by atoms with Crippen molar-refractivity contribution in [3.63, 3.8) is 0 Å². The number of aryl methyl sites for hydroxylation is 2. The average Bonchev–Trinajstić information content (AvgIpc) is 2.83. The van der Waals surface area contributed by atoms with Crippen LogP contribution in [0.15, 0.2) is 6.20 Å². The maximum atomic E-state index is 11.8. The summed E-state index contributed by atoms with van der Waals surface area (Å²) >= 11 is 0. The van der Waals surface area contributed by atoms with E-state index in [1.54, 1.807) is 6.20 Å². The van der Waals surface area contributed by atoms with Crippen LogP contribution in [0.4, 0.5) is 5.82 Å². The van der Waals surface area contributed by atoms with Crippen LogP contribution in [-0.4, -0.2) is 40.4 Å². The highest BCUT2D eigenvalue weighted by Crippen LogP contribution is 2.10. The summed E-state index contributed by atoms with van der Waals surface area (Å²) in [6, 6.07) is 0. The van der Waals surface area contributed by atoms with Crippen LogP contribution in [0.1, 0.15) is 24.2 Å². The second-order valence-electron chi connectivity index (χ2n) is 4.39. The van der Waals surface area contributed by atoms with E-state index in [4.69, 9.17) is 0 Å². The summed E-state index contributed by atoms with van der Waals surface area (Å²) in [4.78, 5) is 22.3. The number of anilines is 1. The third kappa shape index (κ3) is 2.93. The van der Waals surface area contributed by atoms with Crippen molar-refractivity contribution in [2.24, 2.45) is 0 Å². The van der Waals surface area contributed by atoms with Gasteiger partial charge in [0.1, 0.15) is 5.82 Å². The first-order valence-electron chi connectivity index (χ1n) is 5.98. The highest BCUT2D eigenvalue weighted by molar-refractivity contribution is 5.80. The third-order valence-corrected chi connectivity index (χ3v) is 2.94. The van der Waals surface area contributed by atoms with Gasteiger partial charge in [-0.3, -0.25) is 9.78 Å². The molecule has 1 saturated heterocycles. The van der Waals surface area contributed by atoms with Gasteiger partial charge in [0, 0.05) is 19.3 Å². The number of nitrogens with one attached hydrogen (secondary N) is 1. The summed E-state index contributed by atoms with van der Waals surface area (Å²) in [5.74, 6) is 0.850. The standard InChI is InChI=1S/C12H18N4O/c1-9-7-13-10(2)12(15-9)14-8-11(17)16-5-3-4-6-16/h7H,3-6,8H2,1-2H3,(H,14,15). The molecule has 1 fully saturated rings. The largest absolute Gasteiger partial charge is 0.359 e. The Labute approximate surface area is 101 Å². The molecule has 2 heterocycles. The molecule has 1 N–H and O–H groups in total. The second-order valence-corrected chi connectivity index (χ2v) is 4.39. The molecule has 1 aromatic rings. The lowest BCUT2D eigenvalue weighted by Crippen LogP contribution is -2.33. The molecule has 5 heteroatoms. The van der Waals surface area contributed by atoms with Crippen LogP contribution in [0.2, 0.25) is 0 Å². The number of carbonyl (C=O) groups is 1. The monoisotopic (exact) mass is 234 g/mol. The summed E-state index contributed by atoms with van der Waals surface area (Å²) < 4.78 is 0. The molecule has 5 nitrogen and oxygen atoms in total. The fourth-order valence-electron chi connectivity index (χ4n) is 1.94. The minimum atomic E-state index is 0.144. The lowest BCUT2D eigenvalue weighted by Gasteiger charge is -2.16. The molecule has 0 atom stereocenters. The van der Waals surface area contributed by atoms with Gasteiger partial charge in [0.2, 0.25) is 5.91 Å². The summed E-state index contributed by atoms with van der Waals surface area (Å²) in [5.41, 5.74) is 1.68. The number of hydrogen-bond acceptors (Lipinski definition) is 4. The molecule has 1 aromatic heterocycles. The molecular formula is C12H18N4O. The predicted octanol–water partition coefficient (Wildman–Crippen LogP) is 1.13. The molecule has 0 spiro atoms. The fraction of sp³-hybridized carbons (Fsp3) is 0.583. The second kappa shape index (κ2) is 5.12. The summed E-state index contributed by atoms with van der Waals surface area (Å²) in [7, 11) is 0. The zero-order chi connectivity index (χ0) is 12.3. The number of likely N-dealkylation sites (tertiary alicyclic amines) is 1. The number of nitrogens with zero attached hydrogens (tertiary/aromatic N) is 3. The van der Waals surface area contributed by atoms with Gasteiger partial charge in [-0.15, -0.1) is 0 Å². The molecule has 1 aliphatic rings.